The molecule has 0 radical (unpaired) electrons. The summed E-state index contributed by atoms with van der Waals surface area (Å²) in [4.78, 5) is 21.0. The molecule has 0 amide bonds. The third-order valence-electron chi connectivity index (χ3n) is 5.63. The molecule has 8 nitrogen and oxygen atoms in total. The van der Waals surface area contributed by atoms with Crippen LogP contribution in [-0.2, 0) is 6.54 Å². The Bertz CT molecular complexity index is 1340. The van der Waals surface area contributed by atoms with Gasteiger partial charge >= 0.3 is 0 Å². The lowest BCUT2D eigenvalue weighted by Crippen LogP contribution is -2.28. The minimum absolute atomic E-state index is 0.273. The Morgan fingerprint density at radius 3 is 2.88 bits per heavy atom. The minimum atomic E-state index is 0.273. The summed E-state index contributed by atoms with van der Waals surface area (Å²) in [5.41, 5.74) is 14.2. The number of hydrogen-bond donors (Lipinski definition) is 2. The number of fused-ring (bicyclic) bond motifs is 2. The minimum Gasteiger partial charge on any atom is -0.491 e. The zero-order chi connectivity index (χ0) is 23.1. The smallest absolute Gasteiger partial charge is 0.222 e. The van der Waals surface area contributed by atoms with Gasteiger partial charge in [0, 0.05) is 35.1 Å². The van der Waals surface area contributed by atoms with E-state index in [0.29, 0.717) is 24.8 Å². The number of aryl methyl sites for hydroxylation is 1. The highest BCUT2D eigenvalue weighted by Crippen LogP contribution is 2.35. The van der Waals surface area contributed by atoms with E-state index in [4.69, 9.17) is 11.9 Å². The summed E-state index contributed by atoms with van der Waals surface area (Å²) >= 11 is 1.36. The number of benzene rings is 1. The largest absolute Gasteiger partial charge is 0.491 e. The highest BCUT2D eigenvalue weighted by molar-refractivity contribution is 7.21. The van der Waals surface area contributed by atoms with Gasteiger partial charge in [0.1, 0.15) is 28.5 Å². The van der Waals surface area contributed by atoms with Crippen molar-refractivity contribution in [1.82, 2.24) is 19.9 Å². The Kier molecular flexibility index (Phi) is 4.75. The number of hydrogen-bond acceptors (Lipinski definition) is 9. The lowest BCUT2D eigenvalue weighted by atomic mass is 10.0. The van der Waals surface area contributed by atoms with Crippen molar-refractivity contribution in [2.24, 2.45) is 0 Å². The molecule has 1 aliphatic heterocycles. The number of thiazole rings is 1. The Morgan fingerprint density at radius 2 is 2.06 bits per heavy atom. The number of aromatic nitrogens is 4. The van der Waals surface area contributed by atoms with Crippen LogP contribution in [0.4, 0.5) is 16.9 Å². The van der Waals surface area contributed by atoms with Crippen LogP contribution >= 0.6 is 11.3 Å². The van der Waals surface area contributed by atoms with Crippen molar-refractivity contribution in [3.63, 3.8) is 0 Å². The number of anilines is 3. The molecular weight excluding hydrogens is 422 g/mol. The highest BCUT2D eigenvalue weighted by Gasteiger charge is 2.23. The summed E-state index contributed by atoms with van der Waals surface area (Å²) in [5, 5.41) is 0.529. The van der Waals surface area contributed by atoms with Gasteiger partial charge in [-0.3, -0.25) is 0 Å². The summed E-state index contributed by atoms with van der Waals surface area (Å²) in [5.74, 6) is 2.30. The Morgan fingerprint density at radius 1 is 1.19 bits per heavy atom. The molecule has 0 unspecified atom stereocenters. The molecule has 0 bridgehead atoms. The molecule has 164 valence electrons. The second kappa shape index (κ2) is 7.90. The molecule has 1 aliphatic rings. The predicted molar refractivity (Wildman–Crippen MR) is 129 cm³/mol. The van der Waals surface area contributed by atoms with E-state index in [0.717, 1.165) is 49.9 Å². The maximum absolute atomic E-state index is 7.31. The standard InChI is InChI=1S/C23H25N7OS/c1-12(2)19-13(3)27-22(24)29-20(19)30-6-7-31-18-5-4-14(8-16(18)11-30)15-9-17-21(26-10-15)32-23(25)28-17/h4-5,8-10,12H,6-7,11H2,1-3H3,(H2,25,28)(H2,24,27,29)/i/hD. The van der Waals surface area contributed by atoms with Gasteiger partial charge in [-0.05, 0) is 36.6 Å². The molecule has 0 saturated heterocycles. The normalized spacial score (nSPS) is 14.1. The van der Waals surface area contributed by atoms with E-state index in [-0.39, 0.29) is 11.9 Å². The van der Waals surface area contributed by atoms with E-state index in [2.05, 4.69) is 50.5 Å². The predicted octanol–water partition coefficient (Wildman–Crippen LogP) is 4.14. The van der Waals surface area contributed by atoms with E-state index in [1.54, 1.807) is 0 Å². The van der Waals surface area contributed by atoms with Gasteiger partial charge in [-0.2, -0.15) is 4.98 Å². The van der Waals surface area contributed by atoms with Crippen LogP contribution in [-0.4, -0.2) is 33.1 Å². The van der Waals surface area contributed by atoms with Gasteiger partial charge in [0.25, 0.3) is 0 Å². The van der Waals surface area contributed by atoms with Crippen molar-refractivity contribution in [1.29, 1.82) is 0 Å². The molecule has 32 heavy (non-hydrogen) atoms. The van der Waals surface area contributed by atoms with Crippen LogP contribution in [0.1, 0.15) is 36.6 Å². The molecule has 4 heterocycles. The van der Waals surface area contributed by atoms with Crippen molar-refractivity contribution >= 4 is 38.6 Å². The maximum atomic E-state index is 7.31. The van der Waals surface area contributed by atoms with E-state index < -0.39 is 0 Å². The van der Waals surface area contributed by atoms with Crippen LogP contribution in [0.25, 0.3) is 21.5 Å². The summed E-state index contributed by atoms with van der Waals surface area (Å²) in [6.07, 6.45) is 1.84. The average Bonchev–Trinajstić information content (AvgIpc) is 3.08. The number of nitrogens with two attached hydrogens (primary N) is 2. The van der Waals surface area contributed by atoms with Crippen molar-refractivity contribution in [2.45, 2.75) is 33.2 Å². The van der Waals surface area contributed by atoms with Crippen molar-refractivity contribution in [3.8, 4) is 16.9 Å². The second-order valence-corrected chi connectivity index (χ2v) is 9.20. The molecule has 9 heteroatoms. The molecule has 0 spiro atoms. The van der Waals surface area contributed by atoms with Gasteiger partial charge in [-0.15, -0.1) is 0 Å². The van der Waals surface area contributed by atoms with Crippen LogP contribution in [0.3, 0.4) is 0 Å². The third kappa shape index (κ3) is 3.69. The SMILES string of the molecule is [2H]Nc1nc2cc(-c3ccc4c(c3)CN(c3nc(N)nc(C)c3C(C)C)CCO4)cnc2s1. The van der Waals surface area contributed by atoms with E-state index in [1.807, 2.05) is 31.3 Å². The van der Waals surface area contributed by atoms with Crippen LogP contribution in [0.15, 0.2) is 30.5 Å². The first-order valence-electron chi connectivity index (χ1n) is 11.0. The van der Waals surface area contributed by atoms with Gasteiger partial charge in [0.2, 0.25) is 5.95 Å². The van der Waals surface area contributed by atoms with E-state index >= 15 is 0 Å². The Labute approximate surface area is 191 Å². The topological polar surface area (TPSA) is 116 Å². The first-order chi connectivity index (χ1) is 15.9. The Balaban J connectivity index is 1.53. The molecule has 0 atom stereocenters. The van der Waals surface area contributed by atoms with Crippen LogP contribution in [0, 0.1) is 6.92 Å². The number of nitrogens with zero attached hydrogens (tertiary/aromatic N) is 5. The number of pyridine rings is 1. The summed E-state index contributed by atoms with van der Waals surface area (Å²) in [6.45, 7) is 8.19. The van der Waals surface area contributed by atoms with Crippen LogP contribution in [0.2, 0.25) is 1.41 Å². The molecule has 0 aliphatic carbocycles. The Hall–Kier alpha value is -3.46. The first-order valence-corrected chi connectivity index (χ1v) is 11.3. The van der Waals surface area contributed by atoms with E-state index in [9.17, 15) is 0 Å². The molecule has 1 aromatic carbocycles. The summed E-state index contributed by atoms with van der Waals surface area (Å²) < 4.78 is 13.4. The van der Waals surface area contributed by atoms with Crippen LogP contribution in [0.5, 0.6) is 5.75 Å². The average molecular weight is 449 g/mol. The molecule has 0 fully saturated rings. The third-order valence-corrected chi connectivity index (χ3v) is 6.42. The quantitative estimate of drug-likeness (QED) is 0.478. The van der Waals surface area contributed by atoms with Gasteiger partial charge in [0.15, 0.2) is 6.54 Å². The van der Waals surface area contributed by atoms with E-state index in [1.165, 1.54) is 11.3 Å². The zero-order valence-electron chi connectivity index (χ0n) is 19.2. The second-order valence-electron chi connectivity index (χ2n) is 8.22. The van der Waals surface area contributed by atoms with Gasteiger partial charge in [-0.25, -0.2) is 15.0 Å². The summed E-state index contributed by atoms with van der Waals surface area (Å²) in [7, 11) is 0. The summed E-state index contributed by atoms with van der Waals surface area (Å²) in [6, 6.07) is 8.19. The molecular formula is C23H25N7OS. The van der Waals surface area contributed by atoms with Gasteiger partial charge < -0.3 is 21.1 Å². The zero-order valence-corrected chi connectivity index (χ0v) is 19.0. The van der Waals surface area contributed by atoms with Crippen molar-refractivity contribution in [2.75, 3.05) is 29.5 Å². The van der Waals surface area contributed by atoms with Crippen molar-refractivity contribution in [3.05, 3.63) is 47.3 Å². The van der Waals surface area contributed by atoms with Gasteiger partial charge in [-0.1, -0.05) is 31.3 Å². The molecule has 4 aromatic rings. The van der Waals surface area contributed by atoms with Gasteiger partial charge in [0.05, 0.1) is 6.54 Å². The number of ether oxygens (including phenoxy) is 1. The fourth-order valence-corrected chi connectivity index (χ4v) is 4.88. The van der Waals surface area contributed by atoms with Crippen molar-refractivity contribution < 1.29 is 6.15 Å². The highest BCUT2D eigenvalue weighted by atomic mass is 32.1. The molecule has 5 rings (SSSR count). The number of rotatable bonds is 4. The number of nitrogen functional groups attached to an aromatic ring is 2. The first kappa shape index (κ1) is 19.2. The molecule has 0 saturated carbocycles. The maximum Gasteiger partial charge on any atom is 0.222 e. The fourth-order valence-electron chi connectivity index (χ4n) is 4.24. The molecule has 3 aromatic heterocycles. The van der Waals surface area contributed by atoms with Crippen LogP contribution < -0.4 is 21.1 Å². The lowest BCUT2D eigenvalue weighted by molar-refractivity contribution is 0.331. The fraction of sp³-hybridized carbons (Fsp3) is 0.304. The molecule has 4 N–H and O–H groups in total. The lowest BCUT2D eigenvalue weighted by Gasteiger charge is -2.26. The monoisotopic (exact) mass is 448 g/mol.